The lowest BCUT2D eigenvalue weighted by molar-refractivity contribution is 0.338. The van der Waals surface area contributed by atoms with Crippen LogP contribution in [0.25, 0.3) is 10.9 Å². The maximum Gasteiger partial charge on any atom is 0.162 e. The molecule has 7 heteroatoms. The number of nitrogens with one attached hydrogen (secondary N) is 1. The molecule has 1 aromatic heterocycles. The molecule has 1 atom stereocenters. The van der Waals surface area contributed by atoms with Gasteiger partial charge in [-0.2, -0.15) is 0 Å². The highest BCUT2D eigenvalue weighted by atomic mass is 16.5. The summed E-state index contributed by atoms with van der Waals surface area (Å²) in [5.74, 6) is 2.86. The Morgan fingerprint density at radius 2 is 1.89 bits per heavy atom. The molecular weight excluding hydrogens is 358 g/mol. The summed E-state index contributed by atoms with van der Waals surface area (Å²) in [6.07, 6.45) is 10.5. The molecule has 0 spiro atoms. The molecule has 4 rings (SSSR count). The summed E-state index contributed by atoms with van der Waals surface area (Å²) in [4.78, 5) is 8.67. The van der Waals surface area contributed by atoms with E-state index in [0.717, 1.165) is 22.2 Å². The molecule has 1 aliphatic heterocycles. The van der Waals surface area contributed by atoms with E-state index in [9.17, 15) is 5.11 Å². The van der Waals surface area contributed by atoms with E-state index in [-0.39, 0.29) is 11.7 Å². The van der Waals surface area contributed by atoms with Gasteiger partial charge in [-0.3, -0.25) is 0 Å². The van der Waals surface area contributed by atoms with Crippen LogP contribution in [0.1, 0.15) is 18.4 Å². The molecule has 144 valence electrons. The van der Waals surface area contributed by atoms with E-state index in [0.29, 0.717) is 29.7 Å². The van der Waals surface area contributed by atoms with E-state index in [1.54, 1.807) is 32.4 Å². The summed E-state index contributed by atoms with van der Waals surface area (Å²) in [5.41, 5.74) is 2.29. The first-order chi connectivity index (χ1) is 13.6. The van der Waals surface area contributed by atoms with E-state index < -0.39 is 0 Å². The molecule has 2 aromatic carbocycles. The molecule has 0 saturated carbocycles. The summed E-state index contributed by atoms with van der Waals surface area (Å²) < 4.78 is 16.5. The van der Waals surface area contributed by atoms with Crippen LogP contribution in [0.2, 0.25) is 0 Å². The Morgan fingerprint density at radius 1 is 1.18 bits per heavy atom. The van der Waals surface area contributed by atoms with Crippen LogP contribution in [-0.2, 0) is 0 Å². The Kier molecular flexibility index (Phi) is 5.41. The summed E-state index contributed by atoms with van der Waals surface area (Å²) in [5, 5.41) is 14.2. The van der Waals surface area contributed by atoms with E-state index in [1.165, 1.54) is 6.33 Å². The van der Waals surface area contributed by atoms with Crippen LogP contribution < -0.4 is 19.5 Å². The van der Waals surface area contributed by atoms with Crippen molar-refractivity contribution in [1.82, 2.24) is 9.97 Å². The summed E-state index contributed by atoms with van der Waals surface area (Å²) in [6.45, 7) is 2.56. The van der Waals surface area contributed by atoms with Crippen LogP contribution in [0.4, 0.5) is 11.5 Å². The topological polar surface area (TPSA) is 85.7 Å². The van der Waals surface area contributed by atoms with Crippen LogP contribution in [0, 0.1) is 12.8 Å². The number of terminal acetylenes is 1. The zero-order valence-electron chi connectivity index (χ0n) is 15.8. The molecule has 1 unspecified atom stereocenters. The molecule has 3 aromatic rings. The van der Waals surface area contributed by atoms with Crippen molar-refractivity contribution >= 4 is 22.4 Å². The average molecular weight is 378 g/mol. The Labute approximate surface area is 163 Å². The minimum absolute atomic E-state index is 0.137. The Morgan fingerprint density at radius 3 is 2.61 bits per heavy atom. The van der Waals surface area contributed by atoms with Gasteiger partial charge in [-0.1, -0.05) is 6.92 Å². The number of hydrogen-bond acceptors (Lipinski definition) is 7. The van der Waals surface area contributed by atoms with Gasteiger partial charge in [0.1, 0.15) is 23.6 Å². The van der Waals surface area contributed by atoms with Crippen molar-refractivity contribution in [2.24, 2.45) is 0 Å². The highest BCUT2D eigenvalue weighted by molar-refractivity contribution is 5.93. The van der Waals surface area contributed by atoms with Gasteiger partial charge < -0.3 is 37.5 Å². The zero-order valence-corrected chi connectivity index (χ0v) is 15.8. The van der Waals surface area contributed by atoms with E-state index in [2.05, 4.69) is 21.7 Å². The SMILES string of the molecule is COc1cc2ncnc(Nc3ccc(O)c4c3OCC4C)c2cc1OC.[C-]#C. The molecule has 1 aliphatic rings. The van der Waals surface area contributed by atoms with Crippen LogP contribution in [0.15, 0.2) is 30.6 Å². The molecule has 2 heterocycles. The second-order valence-corrected chi connectivity index (χ2v) is 6.16. The number of benzene rings is 2. The van der Waals surface area contributed by atoms with Gasteiger partial charge in [-0.15, -0.1) is 0 Å². The molecule has 7 nitrogen and oxygen atoms in total. The quantitative estimate of drug-likeness (QED) is 0.406. The third-order valence-corrected chi connectivity index (χ3v) is 4.54. The lowest BCUT2D eigenvalue weighted by Gasteiger charge is -2.14. The predicted molar refractivity (Wildman–Crippen MR) is 106 cm³/mol. The van der Waals surface area contributed by atoms with Crippen LogP contribution in [0.3, 0.4) is 0 Å². The minimum Gasteiger partial charge on any atom is -0.697 e. The number of nitrogens with zero attached hydrogens (tertiary/aromatic N) is 2. The maximum absolute atomic E-state index is 10.1. The second-order valence-electron chi connectivity index (χ2n) is 6.16. The lowest BCUT2D eigenvalue weighted by Crippen LogP contribution is -1.99. The van der Waals surface area contributed by atoms with Crippen molar-refractivity contribution in [3.8, 4) is 29.4 Å². The molecule has 0 bridgehead atoms. The highest BCUT2D eigenvalue weighted by Gasteiger charge is 2.27. The van der Waals surface area contributed by atoms with Crippen molar-refractivity contribution in [2.75, 3.05) is 26.1 Å². The second kappa shape index (κ2) is 7.92. The van der Waals surface area contributed by atoms with Gasteiger partial charge in [-0.05, 0) is 18.2 Å². The number of aromatic hydroxyl groups is 1. The van der Waals surface area contributed by atoms with Crippen molar-refractivity contribution < 1.29 is 19.3 Å². The monoisotopic (exact) mass is 378 g/mol. The fraction of sp³-hybridized carbons (Fsp3) is 0.238. The van der Waals surface area contributed by atoms with Crippen LogP contribution in [-0.4, -0.2) is 35.9 Å². The number of phenolic OH excluding ortho intramolecular Hbond substituents is 1. The summed E-state index contributed by atoms with van der Waals surface area (Å²) >= 11 is 0. The van der Waals surface area contributed by atoms with Crippen molar-refractivity contribution in [3.05, 3.63) is 42.6 Å². The third-order valence-electron chi connectivity index (χ3n) is 4.54. The lowest BCUT2D eigenvalue weighted by atomic mass is 10.0. The van der Waals surface area contributed by atoms with Gasteiger partial charge in [-0.25, -0.2) is 9.97 Å². The fourth-order valence-corrected chi connectivity index (χ4v) is 3.22. The number of phenols is 1. The number of aromatic nitrogens is 2. The number of ether oxygens (including phenoxy) is 3. The van der Waals surface area contributed by atoms with Gasteiger partial charge in [0.15, 0.2) is 11.5 Å². The van der Waals surface area contributed by atoms with Gasteiger partial charge in [0.2, 0.25) is 0 Å². The van der Waals surface area contributed by atoms with Gasteiger partial charge >= 0.3 is 0 Å². The molecule has 0 saturated heterocycles. The van der Waals surface area contributed by atoms with Crippen LogP contribution in [0.5, 0.6) is 23.0 Å². The Bertz CT molecular complexity index is 1030. The molecule has 0 fully saturated rings. The standard InChI is InChI=1S/C19H19N3O4.C2H/c1-10-8-26-18-12(4-5-14(23)17(10)18)22-19-11-6-15(24-2)16(25-3)7-13(11)20-9-21-19;1-2/h4-7,9-10,23H,8H2,1-3H3,(H,20,21,22);1H/q;-1. The Balaban J connectivity index is 0.00000109. The first kappa shape index (κ1) is 19.1. The number of hydrogen-bond donors (Lipinski definition) is 2. The average Bonchev–Trinajstić information content (AvgIpc) is 3.13. The number of methoxy groups -OCH3 is 2. The highest BCUT2D eigenvalue weighted by Crippen LogP contribution is 2.46. The molecule has 28 heavy (non-hydrogen) atoms. The minimum atomic E-state index is 0.137. The van der Waals surface area contributed by atoms with Crippen molar-refractivity contribution in [1.29, 1.82) is 0 Å². The van der Waals surface area contributed by atoms with E-state index >= 15 is 0 Å². The molecule has 0 aliphatic carbocycles. The number of rotatable bonds is 4. The van der Waals surface area contributed by atoms with Crippen LogP contribution >= 0.6 is 0 Å². The van der Waals surface area contributed by atoms with Gasteiger partial charge in [0, 0.05) is 22.9 Å². The predicted octanol–water partition coefficient (Wildman–Crippen LogP) is 3.80. The number of fused-ring (bicyclic) bond motifs is 2. The van der Waals surface area contributed by atoms with Gasteiger partial charge in [0.05, 0.1) is 32.0 Å². The zero-order chi connectivity index (χ0) is 20.3. The summed E-state index contributed by atoms with van der Waals surface area (Å²) in [6, 6.07) is 7.09. The van der Waals surface area contributed by atoms with Crippen molar-refractivity contribution in [2.45, 2.75) is 12.8 Å². The maximum atomic E-state index is 10.1. The first-order valence-corrected chi connectivity index (χ1v) is 8.53. The first-order valence-electron chi connectivity index (χ1n) is 8.53. The normalized spacial score (nSPS) is 14.4. The number of anilines is 2. The third kappa shape index (κ3) is 3.21. The molecule has 2 N–H and O–H groups in total. The smallest absolute Gasteiger partial charge is 0.162 e. The van der Waals surface area contributed by atoms with Gasteiger partial charge in [0.25, 0.3) is 0 Å². The van der Waals surface area contributed by atoms with E-state index in [1.807, 2.05) is 13.0 Å². The van der Waals surface area contributed by atoms with Crippen molar-refractivity contribution in [3.63, 3.8) is 0 Å². The Hall–Kier alpha value is -3.66. The largest absolute Gasteiger partial charge is 0.697 e. The van der Waals surface area contributed by atoms with E-state index in [4.69, 9.17) is 20.6 Å². The fourth-order valence-electron chi connectivity index (χ4n) is 3.22. The summed E-state index contributed by atoms with van der Waals surface area (Å²) in [7, 11) is 3.17. The molecule has 0 radical (unpaired) electrons. The molecule has 0 amide bonds. The molecular formula is C21H20N3O4-.